The van der Waals surface area contributed by atoms with Gasteiger partial charge in [-0.05, 0) is 24.3 Å². The Balaban J connectivity index is 2.45. The topological polar surface area (TPSA) is 65.3 Å². The van der Waals surface area contributed by atoms with E-state index in [9.17, 15) is 23.3 Å². The van der Waals surface area contributed by atoms with E-state index in [2.05, 4.69) is 4.98 Å². The number of alkyl halides is 3. The molecule has 110 valence electrons. The molecule has 1 heterocycles. The van der Waals surface area contributed by atoms with Gasteiger partial charge in [0.25, 0.3) is 0 Å². The van der Waals surface area contributed by atoms with E-state index in [1.807, 2.05) is 0 Å². The Hall–Kier alpha value is -2.35. The Morgan fingerprint density at radius 2 is 1.95 bits per heavy atom. The summed E-state index contributed by atoms with van der Waals surface area (Å²) in [5, 5.41) is 10.8. The minimum absolute atomic E-state index is 0.00188. The first-order valence-electron chi connectivity index (χ1n) is 5.43. The molecule has 21 heavy (non-hydrogen) atoms. The fraction of sp³-hybridized carbons (Fsp3) is 0.0833. The second-order valence-corrected chi connectivity index (χ2v) is 4.19. The summed E-state index contributed by atoms with van der Waals surface area (Å²) in [6, 6.07) is 4.81. The second kappa shape index (κ2) is 5.57. The van der Waals surface area contributed by atoms with Crippen molar-refractivity contribution in [2.75, 3.05) is 0 Å². The summed E-state index contributed by atoms with van der Waals surface area (Å²) in [5.74, 6) is -0.357. The van der Waals surface area contributed by atoms with Gasteiger partial charge in [0.15, 0.2) is 10.9 Å². The van der Waals surface area contributed by atoms with Crippen LogP contribution in [0.4, 0.5) is 18.9 Å². The highest BCUT2D eigenvalue weighted by molar-refractivity contribution is 6.30. The van der Waals surface area contributed by atoms with Gasteiger partial charge < -0.3 is 4.74 Å². The minimum atomic E-state index is -4.69. The molecule has 0 saturated heterocycles. The Morgan fingerprint density at radius 3 is 2.52 bits per heavy atom. The molecule has 2 aromatic rings. The van der Waals surface area contributed by atoms with Crippen LogP contribution in [0.15, 0.2) is 36.5 Å². The van der Waals surface area contributed by atoms with Crippen LogP contribution in [-0.4, -0.2) is 9.91 Å². The number of pyridine rings is 1. The molecule has 5 nitrogen and oxygen atoms in total. The number of hydrogen-bond donors (Lipinski definition) is 0. The fourth-order valence-corrected chi connectivity index (χ4v) is 1.65. The SMILES string of the molecule is O=[N+]([O-])c1cc(C(F)(F)F)ccc1Oc1cccnc1Cl. The molecule has 0 bridgehead atoms. The molecule has 0 unspecified atom stereocenters. The Morgan fingerprint density at radius 1 is 1.24 bits per heavy atom. The lowest BCUT2D eigenvalue weighted by Gasteiger charge is -2.10. The van der Waals surface area contributed by atoms with Gasteiger partial charge in [-0.1, -0.05) is 11.6 Å². The van der Waals surface area contributed by atoms with Crippen LogP contribution in [0.5, 0.6) is 11.5 Å². The molecular weight excluding hydrogens is 313 g/mol. The Kier molecular flexibility index (Phi) is 3.99. The summed E-state index contributed by atoms with van der Waals surface area (Å²) in [6.45, 7) is 0. The maximum atomic E-state index is 12.6. The van der Waals surface area contributed by atoms with Crippen molar-refractivity contribution in [2.45, 2.75) is 6.18 Å². The fourth-order valence-electron chi connectivity index (χ4n) is 1.49. The number of hydrogen-bond acceptors (Lipinski definition) is 4. The number of nitro groups is 1. The first kappa shape index (κ1) is 15.0. The van der Waals surface area contributed by atoms with Crippen molar-refractivity contribution in [1.29, 1.82) is 0 Å². The van der Waals surface area contributed by atoms with Gasteiger partial charge in [0.05, 0.1) is 10.5 Å². The maximum absolute atomic E-state index is 12.6. The quantitative estimate of drug-likeness (QED) is 0.476. The van der Waals surface area contributed by atoms with Gasteiger partial charge in [0.2, 0.25) is 5.75 Å². The zero-order valence-corrected chi connectivity index (χ0v) is 10.9. The molecule has 2 rings (SSSR count). The van der Waals surface area contributed by atoms with E-state index in [4.69, 9.17) is 16.3 Å². The molecule has 0 amide bonds. The van der Waals surface area contributed by atoms with Crippen molar-refractivity contribution in [3.05, 3.63) is 57.4 Å². The van der Waals surface area contributed by atoms with E-state index in [1.165, 1.54) is 18.3 Å². The van der Waals surface area contributed by atoms with E-state index < -0.39 is 22.4 Å². The van der Waals surface area contributed by atoms with Crippen molar-refractivity contribution < 1.29 is 22.8 Å². The van der Waals surface area contributed by atoms with Crippen LogP contribution >= 0.6 is 11.6 Å². The summed E-state index contributed by atoms with van der Waals surface area (Å²) >= 11 is 5.72. The van der Waals surface area contributed by atoms with E-state index >= 15 is 0 Å². The zero-order chi connectivity index (χ0) is 15.6. The van der Waals surface area contributed by atoms with Crippen molar-refractivity contribution >= 4 is 17.3 Å². The van der Waals surface area contributed by atoms with Gasteiger partial charge in [-0.3, -0.25) is 10.1 Å². The Labute approximate surface area is 121 Å². The lowest BCUT2D eigenvalue weighted by atomic mass is 10.2. The summed E-state index contributed by atoms with van der Waals surface area (Å²) < 4.78 is 42.8. The van der Waals surface area contributed by atoms with Gasteiger partial charge in [0, 0.05) is 12.3 Å². The van der Waals surface area contributed by atoms with Crippen LogP contribution < -0.4 is 4.74 Å². The smallest absolute Gasteiger partial charge is 0.416 e. The highest BCUT2D eigenvalue weighted by Crippen LogP contribution is 2.38. The second-order valence-electron chi connectivity index (χ2n) is 3.83. The molecule has 0 fully saturated rings. The number of nitrogens with zero attached hydrogens (tertiary/aromatic N) is 2. The Bertz CT molecular complexity index is 692. The maximum Gasteiger partial charge on any atom is 0.416 e. The summed E-state index contributed by atoms with van der Waals surface area (Å²) in [7, 11) is 0. The summed E-state index contributed by atoms with van der Waals surface area (Å²) in [4.78, 5) is 13.6. The zero-order valence-electron chi connectivity index (χ0n) is 10.1. The largest absolute Gasteiger partial charge is 0.447 e. The lowest BCUT2D eigenvalue weighted by molar-refractivity contribution is -0.385. The molecule has 1 aromatic heterocycles. The average molecular weight is 319 g/mol. The standard InChI is InChI=1S/C12H6ClF3N2O3/c13-11-10(2-1-5-17-11)21-9-4-3-7(12(14,15)16)6-8(9)18(19)20/h1-6H. The number of rotatable bonds is 3. The number of halogens is 4. The molecule has 0 N–H and O–H groups in total. The van der Waals surface area contributed by atoms with E-state index in [0.717, 1.165) is 6.07 Å². The molecule has 0 aliphatic rings. The first-order chi connectivity index (χ1) is 9.79. The van der Waals surface area contributed by atoms with Crippen LogP contribution in [0.1, 0.15) is 5.56 Å². The van der Waals surface area contributed by atoms with Gasteiger partial charge >= 0.3 is 11.9 Å². The van der Waals surface area contributed by atoms with E-state index in [0.29, 0.717) is 12.1 Å². The van der Waals surface area contributed by atoms with Crippen molar-refractivity contribution in [3.63, 3.8) is 0 Å². The van der Waals surface area contributed by atoms with Crippen LogP contribution in [-0.2, 0) is 6.18 Å². The van der Waals surface area contributed by atoms with Crippen LogP contribution in [0.25, 0.3) is 0 Å². The molecular formula is C12H6ClF3N2O3. The monoisotopic (exact) mass is 318 g/mol. The third-order valence-corrected chi connectivity index (χ3v) is 2.71. The van der Waals surface area contributed by atoms with Gasteiger partial charge in [0.1, 0.15) is 0 Å². The molecule has 0 spiro atoms. The van der Waals surface area contributed by atoms with Crippen LogP contribution in [0.2, 0.25) is 5.15 Å². The van der Waals surface area contributed by atoms with Gasteiger partial charge in [-0.2, -0.15) is 13.2 Å². The van der Waals surface area contributed by atoms with Crippen molar-refractivity contribution in [1.82, 2.24) is 4.98 Å². The number of benzene rings is 1. The van der Waals surface area contributed by atoms with Crippen molar-refractivity contribution in [2.24, 2.45) is 0 Å². The van der Waals surface area contributed by atoms with Crippen molar-refractivity contribution in [3.8, 4) is 11.5 Å². The van der Waals surface area contributed by atoms with E-state index in [-0.39, 0.29) is 16.7 Å². The average Bonchev–Trinajstić information content (AvgIpc) is 2.40. The first-order valence-corrected chi connectivity index (χ1v) is 5.81. The molecule has 0 aliphatic carbocycles. The molecule has 0 saturated carbocycles. The van der Waals surface area contributed by atoms with Crippen LogP contribution in [0, 0.1) is 10.1 Å². The molecule has 1 aromatic carbocycles. The van der Waals surface area contributed by atoms with E-state index in [1.54, 1.807) is 0 Å². The number of aromatic nitrogens is 1. The third kappa shape index (κ3) is 3.40. The minimum Gasteiger partial charge on any atom is -0.447 e. The summed E-state index contributed by atoms with van der Waals surface area (Å²) in [6.07, 6.45) is -3.31. The third-order valence-electron chi connectivity index (χ3n) is 2.43. The molecule has 0 atom stereocenters. The highest BCUT2D eigenvalue weighted by Gasteiger charge is 2.33. The normalized spacial score (nSPS) is 11.2. The number of ether oxygens (including phenoxy) is 1. The molecule has 9 heteroatoms. The summed E-state index contributed by atoms with van der Waals surface area (Å²) in [5.41, 5.74) is -1.96. The van der Waals surface area contributed by atoms with Gasteiger partial charge in [-0.25, -0.2) is 4.98 Å². The number of nitro benzene ring substituents is 1. The lowest BCUT2D eigenvalue weighted by Crippen LogP contribution is -2.06. The van der Waals surface area contributed by atoms with Gasteiger partial charge in [-0.15, -0.1) is 0 Å². The predicted octanol–water partition coefficient (Wildman–Crippen LogP) is 4.45. The van der Waals surface area contributed by atoms with Crippen LogP contribution in [0.3, 0.4) is 0 Å². The predicted molar refractivity (Wildman–Crippen MR) is 67.4 cm³/mol. The molecule has 0 radical (unpaired) electrons. The molecule has 0 aliphatic heterocycles. The highest BCUT2D eigenvalue weighted by atomic mass is 35.5.